The van der Waals surface area contributed by atoms with Crippen LogP contribution in [0.5, 0.6) is 0 Å². The van der Waals surface area contributed by atoms with Crippen LogP contribution in [0.2, 0.25) is 0 Å². The number of piperidine rings is 1. The molecule has 0 saturated carbocycles. The second-order valence-corrected chi connectivity index (χ2v) is 5.78. The monoisotopic (exact) mass is 289 g/mol. The maximum Gasteiger partial charge on any atom is 0.254 e. The lowest BCUT2D eigenvalue weighted by molar-refractivity contribution is 0.0646. The number of carbonyl (C=O) groups excluding carboxylic acids is 1. The molecule has 0 aliphatic carbocycles. The molecule has 1 amide bonds. The van der Waals surface area contributed by atoms with Crippen molar-refractivity contribution in [1.82, 2.24) is 9.80 Å². The quantitative estimate of drug-likeness (QED) is 0.898. The van der Waals surface area contributed by atoms with Crippen LogP contribution in [-0.2, 0) is 6.42 Å². The lowest BCUT2D eigenvalue weighted by Gasteiger charge is -2.36. The first kappa shape index (κ1) is 16.0. The molecule has 0 aromatic heterocycles. The standard InChI is InChI=1S/C17H27N3O/c1-3-20-12-9-15(10-13-20)19(2)17(21)16-7-5-4-6-14(16)8-11-18/h4-7,15H,3,8-13,18H2,1-2H3. The third-order valence-corrected chi connectivity index (χ3v) is 4.53. The summed E-state index contributed by atoms with van der Waals surface area (Å²) in [6, 6.07) is 8.19. The maximum absolute atomic E-state index is 12.8. The third-order valence-electron chi connectivity index (χ3n) is 4.53. The van der Waals surface area contributed by atoms with Crippen molar-refractivity contribution in [2.45, 2.75) is 32.2 Å². The maximum atomic E-state index is 12.8. The highest BCUT2D eigenvalue weighted by Gasteiger charge is 2.26. The van der Waals surface area contributed by atoms with Crippen molar-refractivity contribution in [3.05, 3.63) is 35.4 Å². The Balaban J connectivity index is 2.06. The summed E-state index contributed by atoms with van der Waals surface area (Å²) in [5, 5.41) is 0. The fourth-order valence-corrected chi connectivity index (χ4v) is 3.08. The summed E-state index contributed by atoms with van der Waals surface area (Å²) in [6.07, 6.45) is 2.88. The fourth-order valence-electron chi connectivity index (χ4n) is 3.08. The molecular weight excluding hydrogens is 262 g/mol. The van der Waals surface area contributed by atoms with Gasteiger partial charge < -0.3 is 15.5 Å². The molecule has 4 heteroatoms. The van der Waals surface area contributed by atoms with E-state index >= 15 is 0 Å². The van der Waals surface area contributed by atoms with Gasteiger partial charge in [-0.15, -0.1) is 0 Å². The molecule has 1 aliphatic rings. The van der Waals surface area contributed by atoms with Crippen LogP contribution in [0.3, 0.4) is 0 Å². The van der Waals surface area contributed by atoms with E-state index in [1.165, 1.54) is 0 Å². The van der Waals surface area contributed by atoms with Crippen molar-refractivity contribution in [3.63, 3.8) is 0 Å². The van der Waals surface area contributed by atoms with Gasteiger partial charge in [-0.1, -0.05) is 25.1 Å². The number of hydrogen-bond acceptors (Lipinski definition) is 3. The van der Waals surface area contributed by atoms with Crippen molar-refractivity contribution < 1.29 is 4.79 Å². The number of nitrogens with zero attached hydrogens (tertiary/aromatic N) is 2. The van der Waals surface area contributed by atoms with Crippen molar-refractivity contribution in [1.29, 1.82) is 0 Å². The molecule has 1 fully saturated rings. The highest BCUT2D eigenvalue weighted by molar-refractivity contribution is 5.95. The van der Waals surface area contributed by atoms with Gasteiger partial charge in [0.1, 0.15) is 0 Å². The predicted molar refractivity (Wildman–Crippen MR) is 86.4 cm³/mol. The summed E-state index contributed by atoms with van der Waals surface area (Å²) in [7, 11) is 1.94. The first-order valence-electron chi connectivity index (χ1n) is 7.94. The molecule has 1 heterocycles. The van der Waals surface area contributed by atoms with E-state index in [2.05, 4.69) is 11.8 Å². The van der Waals surface area contributed by atoms with Gasteiger partial charge in [0.15, 0.2) is 0 Å². The number of amides is 1. The Bertz CT molecular complexity index is 467. The Labute approximate surface area is 127 Å². The van der Waals surface area contributed by atoms with Crippen molar-refractivity contribution >= 4 is 5.91 Å². The minimum atomic E-state index is 0.133. The summed E-state index contributed by atoms with van der Waals surface area (Å²) < 4.78 is 0. The SMILES string of the molecule is CCN1CCC(N(C)C(=O)c2ccccc2CCN)CC1. The number of rotatable bonds is 5. The average Bonchev–Trinajstić information content (AvgIpc) is 2.54. The molecule has 1 aromatic carbocycles. The first-order chi connectivity index (χ1) is 10.2. The van der Waals surface area contributed by atoms with Gasteiger partial charge in [-0.05, 0) is 44.0 Å². The van der Waals surface area contributed by atoms with E-state index in [0.29, 0.717) is 12.6 Å². The summed E-state index contributed by atoms with van der Waals surface area (Å²) in [4.78, 5) is 17.1. The van der Waals surface area contributed by atoms with Crippen LogP contribution in [0.4, 0.5) is 0 Å². The highest BCUT2D eigenvalue weighted by atomic mass is 16.2. The second-order valence-electron chi connectivity index (χ2n) is 5.78. The average molecular weight is 289 g/mol. The molecule has 0 atom stereocenters. The van der Waals surface area contributed by atoms with Gasteiger partial charge in [0.05, 0.1) is 0 Å². The Hall–Kier alpha value is -1.39. The minimum absolute atomic E-state index is 0.133. The lowest BCUT2D eigenvalue weighted by Crippen LogP contribution is -2.45. The number of likely N-dealkylation sites (tertiary alicyclic amines) is 1. The molecule has 4 nitrogen and oxygen atoms in total. The molecule has 116 valence electrons. The summed E-state index contributed by atoms with van der Waals surface area (Å²) in [5.74, 6) is 0.133. The number of carbonyl (C=O) groups is 1. The molecule has 0 unspecified atom stereocenters. The smallest absolute Gasteiger partial charge is 0.254 e. The molecule has 0 bridgehead atoms. The van der Waals surface area contributed by atoms with Crippen LogP contribution in [0.1, 0.15) is 35.7 Å². The Morgan fingerprint density at radius 1 is 1.33 bits per heavy atom. The summed E-state index contributed by atoms with van der Waals surface area (Å²) in [5.41, 5.74) is 7.52. The first-order valence-corrected chi connectivity index (χ1v) is 7.94. The van der Waals surface area contributed by atoms with Crippen molar-refractivity contribution in [3.8, 4) is 0 Å². The molecule has 2 rings (SSSR count). The molecule has 1 aliphatic heterocycles. The van der Waals surface area contributed by atoms with Gasteiger partial charge in [0, 0.05) is 31.7 Å². The van der Waals surface area contributed by atoms with E-state index in [0.717, 1.165) is 50.0 Å². The summed E-state index contributed by atoms with van der Waals surface area (Å²) >= 11 is 0. The van der Waals surface area contributed by atoms with Crippen LogP contribution < -0.4 is 5.73 Å². The zero-order chi connectivity index (χ0) is 15.2. The molecule has 0 spiro atoms. The molecule has 1 aromatic rings. The molecule has 21 heavy (non-hydrogen) atoms. The van der Waals surface area contributed by atoms with Gasteiger partial charge in [-0.25, -0.2) is 0 Å². The zero-order valence-electron chi connectivity index (χ0n) is 13.2. The van der Waals surface area contributed by atoms with E-state index in [-0.39, 0.29) is 5.91 Å². The molecule has 1 saturated heterocycles. The van der Waals surface area contributed by atoms with Crippen LogP contribution in [0, 0.1) is 0 Å². The van der Waals surface area contributed by atoms with Gasteiger partial charge >= 0.3 is 0 Å². The van der Waals surface area contributed by atoms with Crippen molar-refractivity contribution in [2.75, 3.05) is 33.2 Å². The van der Waals surface area contributed by atoms with E-state index < -0.39 is 0 Å². The van der Waals surface area contributed by atoms with Gasteiger partial charge in [0.25, 0.3) is 5.91 Å². The predicted octanol–water partition coefficient (Wildman–Crippen LogP) is 1.74. The molecule has 0 radical (unpaired) electrons. The van der Waals surface area contributed by atoms with Crippen LogP contribution >= 0.6 is 0 Å². The largest absolute Gasteiger partial charge is 0.339 e. The van der Waals surface area contributed by atoms with Gasteiger partial charge in [0.2, 0.25) is 0 Å². The van der Waals surface area contributed by atoms with Gasteiger partial charge in [-0.2, -0.15) is 0 Å². The number of hydrogen-bond donors (Lipinski definition) is 1. The normalized spacial score (nSPS) is 16.9. The van der Waals surface area contributed by atoms with Crippen molar-refractivity contribution in [2.24, 2.45) is 5.73 Å². The lowest BCUT2D eigenvalue weighted by atomic mass is 10.00. The highest BCUT2D eigenvalue weighted by Crippen LogP contribution is 2.19. The third kappa shape index (κ3) is 3.83. The van der Waals surface area contributed by atoms with Gasteiger partial charge in [-0.3, -0.25) is 4.79 Å². The number of nitrogens with two attached hydrogens (primary N) is 1. The number of benzene rings is 1. The topological polar surface area (TPSA) is 49.6 Å². The molecule has 2 N–H and O–H groups in total. The van der Waals surface area contributed by atoms with E-state index in [1.807, 2.05) is 36.2 Å². The minimum Gasteiger partial charge on any atom is -0.339 e. The van der Waals surface area contributed by atoms with Crippen LogP contribution in [-0.4, -0.2) is 55.0 Å². The Morgan fingerprint density at radius 2 is 2.00 bits per heavy atom. The van der Waals surface area contributed by atoms with Crippen LogP contribution in [0.25, 0.3) is 0 Å². The molecular formula is C17H27N3O. The van der Waals surface area contributed by atoms with Crippen LogP contribution in [0.15, 0.2) is 24.3 Å². The van der Waals surface area contributed by atoms with E-state index in [9.17, 15) is 4.79 Å². The summed E-state index contributed by atoms with van der Waals surface area (Å²) in [6.45, 7) is 6.04. The fraction of sp³-hybridized carbons (Fsp3) is 0.588. The van der Waals surface area contributed by atoms with E-state index in [4.69, 9.17) is 5.73 Å². The Morgan fingerprint density at radius 3 is 2.62 bits per heavy atom. The second kappa shape index (κ2) is 7.57. The zero-order valence-corrected chi connectivity index (χ0v) is 13.2. The van der Waals surface area contributed by atoms with E-state index in [1.54, 1.807) is 0 Å². The Kier molecular flexibility index (Phi) is 5.76.